The van der Waals surface area contributed by atoms with Crippen LogP contribution in [0, 0.1) is 11.3 Å². The van der Waals surface area contributed by atoms with Gasteiger partial charge in [0.25, 0.3) is 0 Å². The van der Waals surface area contributed by atoms with E-state index >= 15 is 0 Å². The maximum Gasteiger partial charge on any atom is 0.0822 e. The van der Waals surface area contributed by atoms with Crippen LogP contribution in [0.4, 0.5) is 0 Å². The summed E-state index contributed by atoms with van der Waals surface area (Å²) in [6, 6.07) is 24.1. The van der Waals surface area contributed by atoms with E-state index in [0.29, 0.717) is 0 Å². The fourth-order valence-corrected chi connectivity index (χ4v) is 4.99. The van der Waals surface area contributed by atoms with Crippen LogP contribution in [0.1, 0.15) is 102 Å². The Bertz CT molecular complexity index is 780. The molecule has 0 bridgehead atoms. The van der Waals surface area contributed by atoms with Crippen molar-refractivity contribution in [2.45, 2.75) is 102 Å². The molecule has 0 saturated heterocycles. The van der Waals surface area contributed by atoms with E-state index < -0.39 is 0 Å². The molecule has 0 amide bonds. The standard InChI is InChI=1S/C32H48N2/c1-3-4-5-6-7-8-9-10-11-18-25-32(29-33,31-22-16-13-17-23-31)26-19-27-34(2)28-24-30-20-14-12-15-21-30/h12-17,20-23H,3-11,18-19,24-28H2,1-2H3/t32-/m1/s1. The van der Waals surface area contributed by atoms with E-state index in [0.717, 1.165) is 45.2 Å². The Balaban J connectivity index is 1.76. The number of hydrogen-bond donors (Lipinski definition) is 0. The van der Waals surface area contributed by atoms with Crippen molar-refractivity contribution < 1.29 is 0 Å². The van der Waals surface area contributed by atoms with Gasteiger partial charge >= 0.3 is 0 Å². The molecule has 2 aromatic carbocycles. The molecule has 0 spiro atoms. The molecule has 2 heteroatoms. The Hall–Kier alpha value is -2.11. The van der Waals surface area contributed by atoms with Gasteiger partial charge in [-0.25, -0.2) is 0 Å². The highest BCUT2D eigenvalue weighted by molar-refractivity contribution is 5.32. The van der Waals surface area contributed by atoms with Crippen molar-refractivity contribution in [3.05, 3.63) is 71.8 Å². The molecule has 0 unspecified atom stereocenters. The molecule has 2 rings (SSSR count). The fourth-order valence-electron chi connectivity index (χ4n) is 4.99. The van der Waals surface area contributed by atoms with E-state index in [2.05, 4.69) is 85.6 Å². The summed E-state index contributed by atoms with van der Waals surface area (Å²) in [5.41, 5.74) is 2.26. The van der Waals surface area contributed by atoms with Crippen LogP contribution in [0.25, 0.3) is 0 Å². The second-order valence-corrected chi connectivity index (χ2v) is 10.1. The molecule has 34 heavy (non-hydrogen) atoms. The van der Waals surface area contributed by atoms with E-state index in [4.69, 9.17) is 0 Å². The molecule has 2 nitrogen and oxygen atoms in total. The third-order valence-corrected chi connectivity index (χ3v) is 7.27. The predicted octanol–water partition coefficient (Wildman–Crippen LogP) is 8.71. The van der Waals surface area contributed by atoms with Gasteiger partial charge in [0.1, 0.15) is 0 Å². The van der Waals surface area contributed by atoms with Crippen LogP contribution in [-0.4, -0.2) is 25.0 Å². The molecule has 0 saturated carbocycles. The smallest absolute Gasteiger partial charge is 0.0822 e. The van der Waals surface area contributed by atoms with Crippen LogP contribution in [0.3, 0.4) is 0 Å². The molecule has 0 aliphatic rings. The Kier molecular flexibility index (Phi) is 14.3. The maximum atomic E-state index is 10.3. The van der Waals surface area contributed by atoms with E-state index in [1.54, 1.807) is 0 Å². The van der Waals surface area contributed by atoms with Crippen LogP contribution >= 0.6 is 0 Å². The summed E-state index contributed by atoms with van der Waals surface area (Å²) in [7, 11) is 2.21. The molecule has 186 valence electrons. The summed E-state index contributed by atoms with van der Waals surface area (Å²) < 4.78 is 0. The van der Waals surface area contributed by atoms with Crippen molar-refractivity contribution in [2.24, 2.45) is 0 Å². The van der Waals surface area contributed by atoms with Crippen LogP contribution in [-0.2, 0) is 11.8 Å². The summed E-state index contributed by atoms with van der Waals surface area (Å²) >= 11 is 0. The lowest BCUT2D eigenvalue weighted by atomic mass is 9.74. The highest BCUT2D eigenvalue weighted by Crippen LogP contribution is 2.34. The first-order valence-corrected chi connectivity index (χ1v) is 13.9. The first-order chi connectivity index (χ1) is 16.7. The van der Waals surface area contributed by atoms with Gasteiger partial charge in [-0.3, -0.25) is 0 Å². The lowest BCUT2D eigenvalue weighted by Crippen LogP contribution is -2.28. The van der Waals surface area contributed by atoms with Gasteiger partial charge in [0, 0.05) is 6.54 Å². The third kappa shape index (κ3) is 10.9. The predicted molar refractivity (Wildman–Crippen MR) is 147 cm³/mol. The zero-order chi connectivity index (χ0) is 24.3. The quantitative estimate of drug-likeness (QED) is 0.196. The van der Waals surface area contributed by atoms with Crippen LogP contribution in [0.5, 0.6) is 0 Å². The average molecular weight is 461 g/mol. The fraction of sp³-hybridized carbons (Fsp3) is 0.594. The van der Waals surface area contributed by atoms with Crippen LogP contribution in [0.2, 0.25) is 0 Å². The number of unbranched alkanes of at least 4 members (excludes halogenated alkanes) is 9. The molecule has 1 atom stereocenters. The van der Waals surface area contributed by atoms with Gasteiger partial charge in [0.2, 0.25) is 0 Å². The summed E-state index contributed by atoms with van der Waals surface area (Å²) in [5.74, 6) is 0. The van der Waals surface area contributed by atoms with Gasteiger partial charge in [-0.1, -0.05) is 132 Å². The number of nitriles is 1. The zero-order valence-electron chi connectivity index (χ0n) is 22.0. The molecule has 2 aromatic rings. The largest absolute Gasteiger partial charge is 0.306 e. The van der Waals surface area contributed by atoms with E-state index in [1.165, 1.54) is 68.9 Å². The Morgan fingerprint density at radius 3 is 1.79 bits per heavy atom. The average Bonchev–Trinajstić information content (AvgIpc) is 2.88. The number of nitrogens with zero attached hydrogens (tertiary/aromatic N) is 2. The van der Waals surface area contributed by atoms with Crippen molar-refractivity contribution in [3.63, 3.8) is 0 Å². The lowest BCUT2D eigenvalue weighted by Gasteiger charge is -2.28. The van der Waals surface area contributed by atoms with E-state index in [9.17, 15) is 5.26 Å². The summed E-state index contributed by atoms with van der Waals surface area (Å²) in [4.78, 5) is 2.42. The van der Waals surface area contributed by atoms with Crippen LogP contribution < -0.4 is 0 Å². The van der Waals surface area contributed by atoms with Crippen molar-refractivity contribution in [1.82, 2.24) is 4.90 Å². The number of hydrogen-bond acceptors (Lipinski definition) is 2. The Labute approximate surface area is 210 Å². The first-order valence-electron chi connectivity index (χ1n) is 13.9. The molecule has 0 N–H and O–H groups in total. The van der Waals surface area contributed by atoms with E-state index in [1.807, 2.05) is 0 Å². The van der Waals surface area contributed by atoms with Crippen molar-refractivity contribution in [2.75, 3.05) is 20.1 Å². The minimum atomic E-state index is -0.346. The maximum absolute atomic E-state index is 10.3. The Morgan fingerprint density at radius 2 is 1.21 bits per heavy atom. The van der Waals surface area contributed by atoms with Gasteiger partial charge in [-0.05, 0) is 50.4 Å². The highest BCUT2D eigenvalue weighted by atomic mass is 15.1. The van der Waals surface area contributed by atoms with Crippen LogP contribution in [0.15, 0.2) is 60.7 Å². The van der Waals surface area contributed by atoms with Gasteiger partial charge in [0.15, 0.2) is 0 Å². The minimum Gasteiger partial charge on any atom is -0.306 e. The SMILES string of the molecule is CCCCCCCCCCCC[C@](C#N)(CCCN(C)CCc1ccccc1)c1ccccc1. The number of benzene rings is 2. The number of rotatable bonds is 19. The number of likely N-dealkylation sites (N-methyl/N-ethyl adjacent to an activating group) is 1. The third-order valence-electron chi connectivity index (χ3n) is 7.27. The van der Waals surface area contributed by atoms with Crippen molar-refractivity contribution in [3.8, 4) is 6.07 Å². The molecular formula is C32H48N2. The first kappa shape index (κ1) is 28.1. The van der Waals surface area contributed by atoms with Gasteiger partial charge in [-0.15, -0.1) is 0 Å². The molecule has 0 aliphatic carbocycles. The second-order valence-electron chi connectivity index (χ2n) is 10.1. The molecule has 0 heterocycles. The molecule has 0 radical (unpaired) electrons. The van der Waals surface area contributed by atoms with Gasteiger partial charge < -0.3 is 4.90 Å². The molecular weight excluding hydrogens is 412 g/mol. The van der Waals surface area contributed by atoms with Crippen molar-refractivity contribution >= 4 is 0 Å². The Morgan fingerprint density at radius 1 is 0.676 bits per heavy atom. The molecule has 0 aromatic heterocycles. The zero-order valence-corrected chi connectivity index (χ0v) is 22.0. The summed E-state index contributed by atoms with van der Waals surface area (Å²) in [6.07, 6.45) is 17.4. The monoisotopic (exact) mass is 460 g/mol. The summed E-state index contributed by atoms with van der Waals surface area (Å²) in [6.45, 7) is 4.38. The lowest BCUT2D eigenvalue weighted by molar-refractivity contribution is 0.310. The highest BCUT2D eigenvalue weighted by Gasteiger charge is 2.31. The topological polar surface area (TPSA) is 27.0 Å². The normalized spacial score (nSPS) is 13.0. The summed E-state index contributed by atoms with van der Waals surface area (Å²) in [5, 5.41) is 10.3. The molecule has 0 fully saturated rings. The van der Waals surface area contributed by atoms with Gasteiger partial charge in [0.05, 0.1) is 11.5 Å². The van der Waals surface area contributed by atoms with Crippen molar-refractivity contribution in [1.29, 1.82) is 5.26 Å². The van der Waals surface area contributed by atoms with E-state index in [-0.39, 0.29) is 5.41 Å². The van der Waals surface area contributed by atoms with Gasteiger partial charge in [-0.2, -0.15) is 5.26 Å². The minimum absolute atomic E-state index is 0.346. The second kappa shape index (κ2) is 17.3. The molecule has 0 aliphatic heterocycles.